The van der Waals surface area contributed by atoms with Crippen molar-refractivity contribution in [2.24, 2.45) is 0 Å². The first kappa shape index (κ1) is 18.4. The first-order valence-corrected chi connectivity index (χ1v) is 10.0. The van der Waals surface area contributed by atoms with E-state index >= 15 is 0 Å². The Hall–Kier alpha value is -3.64. The molecule has 1 aliphatic heterocycles. The number of carbonyl (C=O) groups excluding carboxylic acids is 1. The molecule has 0 spiro atoms. The van der Waals surface area contributed by atoms with Crippen LogP contribution in [0.4, 0.5) is 0 Å². The summed E-state index contributed by atoms with van der Waals surface area (Å²) < 4.78 is 8.26. The second-order valence-corrected chi connectivity index (χ2v) is 7.38. The van der Waals surface area contributed by atoms with E-state index in [0.717, 1.165) is 27.8 Å². The highest BCUT2D eigenvalue weighted by Gasteiger charge is 2.12. The molecule has 1 aliphatic rings. The molecule has 0 atom stereocenters. The Morgan fingerprint density at radius 1 is 0.967 bits per heavy atom. The average molecular weight is 398 g/mol. The molecule has 1 amide bonds. The number of fused-ring (bicyclic) bond motifs is 4. The van der Waals surface area contributed by atoms with E-state index < -0.39 is 0 Å². The zero-order valence-corrected chi connectivity index (χ0v) is 16.5. The fourth-order valence-corrected chi connectivity index (χ4v) is 3.77. The minimum Gasteiger partial charge on any atom is -0.457 e. The van der Waals surface area contributed by atoms with E-state index in [2.05, 4.69) is 26.3 Å². The van der Waals surface area contributed by atoms with Crippen LogP contribution in [-0.2, 0) is 13.1 Å². The topological polar surface area (TPSA) is 68.2 Å². The summed E-state index contributed by atoms with van der Waals surface area (Å²) in [6, 6.07) is 19.7. The SMILES string of the molecule is O=C1NCCNCc2cncn2Cc2cccc(c2)Oc2ccc3cccc1c3c2. The van der Waals surface area contributed by atoms with Crippen LogP contribution in [0.15, 0.2) is 73.2 Å². The molecule has 5 rings (SSSR count). The van der Waals surface area contributed by atoms with Crippen LogP contribution in [-0.4, -0.2) is 28.5 Å². The monoisotopic (exact) mass is 398 g/mol. The largest absolute Gasteiger partial charge is 0.457 e. The predicted molar refractivity (Wildman–Crippen MR) is 116 cm³/mol. The summed E-state index contributed by atoms with van der Waals surface area (Å²) in [7, 11) is 0. The van der Waals surface area contributed by atoms with Crippen molar-refractivity contribution >= 4 is 16.7 Å². The maximum Gasteiger partial charge on any atom is 0.251 e. The lowest BCUT2D eigenvalue weighted by Crippen LogP contribution is -2.32. The molecule has 30 heavy (non-hydrogen) atoms. The van der Waals surface area contributed by atoms with Crippen LogP contribution in [0.1, 0.15) is 21.6 Å². The van der Waals surface area contributed by atoms with Crippen LogP contribution < -0.4 is 15.4 Å². The average Bonchev–Trinajstić information content (AvgIpc) is 3.19. The van der Waals surface area contributed by atoms with Gasteiger partial charge >= 0.3 is 0 Å². The number of hydrogen-bond donors (Lipinski definition) is 2. The van der Waals surface area contributed by atoms with Gasteiger partial charge in [-0.05, 0) is 46.7 Å². The lowest BCUT2D eigenvalue weighted by atomic mass is 10.0. The minimum absolute atomic E-state index is 0.0871. The van der Waals surface area contributed by atoms with E-state index in [-0.39, 0.29) is 5.91 Å². The zero-order chi connectivity index (χ0) is 20.3. The Balaban J connectivity index is 1.55. The van der Waals surface area contributed by atoms with E-state index in [9.17, 15) is 4.79 Å². The third-order valence-corrected chi connectivity index (χ3v) is 5.28. The van der Waals surface area contributed by atoms with Gasteiger partial charge in [-0.25, -0.2) is 4.98 Å². The van der Waals surface area contributed by atoms with Crippen LogP contribution >= 0.6 is 0 Å². The van der Waals surface area contributed by atoms with Crippen molar-refractivity contribution < 1.29 is 9.53 Å². The van der Waals surface area contributed by atoms with Crippen molar-refractivity contribution in [1.82, 2.24) is 20.2 Å². The molecule has 0 saturated carbocycles. The number of hydrogen-bond acceptors (Lipinski definition) is 4. The normalized spacial score (nSPS) is 14.6. The van der Waals surface area contributed by atoms with Crippen molar-refractivity contribution in [3.63, 3.8) is 0 Å². The number of amides is 1. The van der Waals surface area contributed by atoms with E-state index in [1.165, 1.54) is 0 Å². The van der Waals surface area contributed by atoms with Gasteiger partial charge in [-0.3, -0.25) is 4.79 Å². The van der Waals surface area contributed by atoms with Crippen molar-refractivity contribution in [2.75, 3.05) is 13.1 Å². The Morgan fingerprint density at radius 2 is 1.87 bits per heavy atom. The first-order valence-electron chi connectivity index (χ1n) is 10.0. The highest BCUT2D eigenvalue weighted by atomic mass is 16.5. The van der Waals surface area contributed by atoms with Gasteiger partial charge in [0.25, 0.3) is 5.91 Å². The van der Waals surface area contributed by atoms with Crippen LogP contribution in [0, 0.1) is 0 Å². The molecule has 1 aromatic heterocycles. The highest BCUT2D eigenvalue weighted by Crippen LogP contribution is 2.28. The molecule has 4 bridgehead atoms. The molecule has 6 nitrogen and oxygen atoms in total. The summed E-state index contributed by atoms with van der Waals surface area (Å²) in [4.78, 5) is 17.1. The van der Waals surface area contributed by atoms with Crippen LogP contribution in [0.25, 0.3) is 10.8 Å². The number of rotatable bonds is 0. The summed E-state index contributed by atoms with van der Waals surface area (Å²) in [6.07, 6.45) is 3.71. The van der Waals surface area contributed by atoms with Crippen LogP contribution in [0.5, 0.6) is 11.5 Å². The standard InChI is InChI=1S/C24H22N4O2/c29-24-22-6-2-4-18-7-8-21(12-23(18)22)30-20-5-1-3-17(11-20)15-28-16-26-14-19(28)13-25-9-10-27-24/h1-8,11-12,14,16,25H,9-10,13,15H2,(H,27,29). The molecular formula is C24H22N4O2. The number of benzene rings is 3. The smallest absolute Gasteiger partial charge is 0.251 e. The van der Waals surface area contributed by atoms with E-state index in [1.807, 2.05) is 67.1 Å². The summed E-state index contributed by atoms with van der Waals surface area (Å²) in [5, 5.41) is 8.27. The van der Waals surface area contributed by atoms with Crippen LogP contribution in [0.2, 0.25) is 0 Å². The second-order valence-electron chi connectivity index (χ2n) is 7.38. The number of nitrogens with zero attached hydrogens (tertiary/aromatic N) is 2. The summed E-state index contributed by atoms with van der Waals surface area (Å²) in [6.45, 7) is 2.61. The molecule has 6 heteroatoms. The van der Waals surface area contributed by atoms with Gasteiger partial charge in [-0.1, -0.05) is 30.3 Å². The van der Waals surface area contributed by atoms with Crippen molar-refractivity contribution in [3.05, 3.63) is 90.0 Å². The first-order chi connectivity index (χ1) is 14.8. The van der Waals surface area contributed by atoms with E-state index in [4.69, 9.17) is 4.74 Å². The molecule has 150 valence electrons. The van der Waals surface area contributed by atoms with Gasteiger partial charge in [-0.15, -0.1) is 0 Å². The summed E-state index contributed by atoms with van der Waals surface area (Å²) >= 11 is 0. The van der Waals surface area contributed by atoms with Gasteiger partial charge in [0.2, 0.25) is 0 Å². The Kier molecular flexibility index (Phi) is 4.91. The number of imidazole rings is 1. The molecule has 0 aliphatic carbocycles. The third-order valence-electron chi connectivity index (χ3n) is 5.28. The summed E-state index contributed by atoms with van der Waals surface area (Å²) in [5.74, 6) is 1.38. The van der Waals surface area contributed by atoms with Gasteiger partial charge in [0.1, 0.15) is 11.5 Å². The van der Waals surface area contributed by atoms with E-state index in [0.29, 0.717) is 37.5 Å². The fraction of sp³-hybridized carbons (Fsp3) is 0.167. The Labute approximate surface area is 174 Å². The van der Waals surface area contributed by atoms with Crippen molar-refractivity contribution in [3.8, 4) is 11.5 Å². The Morgan fingerprint density at radius 3 is 2.83 bits per heavy atom. The molecule has 0 fully saturated rings. The van der Waals surface area contributed by atoms with Gasteiger partial charge in [0.05, 0.1) is 12.0 Å². The maximum absolute atomic E-state index is 12.8. The Bertz CT molecular complexity index is 1210. The molecular weight excluding hydrogens is 376 g/mol. The highest BCUT2D eigenvalue weighted by molar-refractivity contribution is 6.07. The fourth-order valence-electron chi connectivity index (χ4n) is 3.77. The quantitative estimate of drug-likeness (QED) is 0.474. The lowest BCUT2D eigenvalue weighted by Gasteiger charge is -2.11. The third kappa shape index (κ3) is 3.77. The zero-order valence-electron chi connectivity index (χ0n) is 16.5. The maximum atomic E-state index is 12.8. The van der Waals surface area contributed by atoms with Gasteiger partial charge in [0.15, 0.2) is 0 Å². The number of aromatic nitrogens is 2. The molecule has 2 N–H and O–H groups in total. The molecule has 0 saturated heterocycles. The lowest BCUT2D eigenvalue weighted by molar-refractivity contribution is 0.0955. The van der Waals surface area contributed by atoms with Gasteiger partial charge in [-0.2, -0.15) is 0 Å². The van der Waals surface area contributed by atoms with E-state index in [1.54, 1.807) is 0 Å². The molecule has 3 aromatic carbocycles. The van der Waals surface area contributed by atoms with Gasteiger partial charge in [0, 0.05) is 37.9 Å². The number of carbonyl (C=O) groups is 1. The van der Waals surface area contributed by atoms with Gasteiger partial charge < -0.3 is 19.9 Å². The number of ether oxygens (including phenoxy) is 1. The predicted octanol–water partition coefficient (Wildman–Crippen LogP) is 3.71. The van der Waals surface area contributed by atoms with Crippen molar-refractivity contribution in [1.29, 1.82) is 0 Å². The minimum atomic E-state index is -0.0871. The molecule has 4 aromatic rings. The molecule has 0 unspecified atom stereocenters. The molecule has 2 heterocycles. The molecule has 0 radical (unpaired) electrons. The van der Waals surface area contributed by atoms with Crippen molar-refractivity contribution in [2.45, 2.75) is 13.1 Å². The summed E-state index contributed by atoms with van der Waals surface area (Å²) in [5.41, 5.74) is 2.87. The second kappa shape index (κ2) is 8.00. The van der Waals surface area contributed by atoms with Crippen LogP contribution in [0.3, 0.4) is 0 Å². The number of nitrogens with one attached hydrogen (secondary N) is 2.